The maximum absolute atomic E-state index is 8.70. The molecule has 0 aromatic carbocycles. The van der Waals surface area contributed by atoms with Crippen LogP contribution in [0.5, 0.6) is 0 Å². The van der Waals surface area contributed by atoms with Crippen LogP contribution in [0.1, 0.15) is 20.3 Å². The van der Waals surface area contributed by atoms with E-state index in [1.54, 1.807) is 6.92 Å². The number of aliphatic hydroxyl groups excluding tert-OH is 1. The van der Waals surface area contributed by atoms with E-state index in [9.17, 15) is 0 Å². The van der Waals surface area contributed by atoms with E-state index in [0.717, 1.165) is 6.42 Å². The van der Waals surface area contributed by atoms with Crippen LogP contribution in [0.25, 0.3) is 0 Å². The van der Waals surface area contributed by atoms with Gasteiger partial charge in [-0.05, 0) is 13.3 Å². The quantitative estimate of drug-likeness (QED) is 0.521. The van der Waals surface area contributed by atoms with Crippen molar-refractivity contribution >= 4 is 0 Å². The minimum Gasteiger partial charge on any atom is -0.392 e. The van der Waals surface area contributed by atoms with Gasteiger partial charge in [-0.1, -0.05) is 6.92 Å². The molecule has 7 heavy (non-hydrogen) atoms. The van der Waals surface area contributed by atoms with Crippen LogP contribution >= 0.6 is 0 Å². The lowest BCUT2D eigenvalue weighted by molar-refractivity contribution is 0.161. The summed E-state index contributed by atoms with van der Waals surface area (Å²) in [6.07, 6.45) is 0.488. The molecule has 0 aliphatic rings. The Bertz CT molecular complexity index is 45.3. The van der Waals surface area contributed by atoms with Gasteiger partial charge in [0.2, 0.25) is 0 Å². The summed E-state index contributed by atoms with van der Waals surface area (Å²) >= 11 is 0. The van der Waals surface area contributed by atoms with E-state index in [4.69, 9.17) is 10.8 Å². The second-order valence-corrected chi connectivity index (χ2v) is 1.81. The first kappa shape index (κ1) is 6.92. The van der Waals surface area contributed by atoms with Gasteiger partial charge in [-0.2, -0.15) is 0 Å². The van der Waals surface area contributed by atoms with Crippen molar-refractivity contribution in [3.05, 3.63) is 0 Å². The molecule has 2 heteroatoms. The largest absolute Gasteiger partial charge is 0.392 e. The van der Waals surface area contributed by atoms with E-state index in [1.165, 1.54) is 0 Å². The molecule has 0 aromatic rings. The molecule has 0 bridgehead atoms. The summed E-state index contributed by atoms with van der Waals surface area (Å²) in [5.41, 5.74) is 5.37. The summed E-state index contributed by atoms with van der Waals surface area (Å²) in [6, 6.07) is -0.0417. The second kappa shape index (κ2) is 2.99. The van der Waals surface area contributed by atoms with Gasteiger partial charge >= 0.3 is 0 Å². The average Bonchev–Trinajstić information content (AvgIpc) is 1.65. The van der Waals surface area contributed by atoms with Crippen molar-refractivity contribution in [3.63, 3.8) is 0 Å². The van der Waals surface area contributed by atoms with E-state index in [-0.39, 0.29) is 12.1 Å². The van der Waals surface area contributed by atoms with Gasteiger partial charge in [-0.15, -0.1) is 0 Å². The predicted molar refractivity (Wildman–Crippen MR) is 29.9 cm³/mol. The predicted octanol–water partition coefficient (Wildman–Crippen LogP) is 0.104. The molecule has 0 spiro atoms. The van der Waals surface area contributed by atoms with Crippen LogP contribution in [0.3, 0.4) is 0 Å². The van der Waals surface area contributed by atoms with Crippen LogP contribution in [0, 0.1) is 0 Å². The molecule has 0 rings (SSSR count). The highest BCUT2D eigenvalue weighted by molar-refractivity contribution is 4.63. The van der Waals surface area contributed by atoms with Gasteiger partial charge in [-0.25, -0.2) is 0 Å². The number of aliphatic hydroxyl groups is 1. The summed E-state index contributed by atoms with van der Waals surface area (Å²) in [5, 5.41) is 8.70. The molecular weight excluding hydrogens is 90.1 g/mol. The Morgan fingerprint density at radius 3 is 2.14 bits per heavy atom. The third-order valence-electron chi connectivity index (χ3n) is 1.09. The van der Waals surface area contributed by atoms with Gasteiger partial charge in [-0.3, -0.25) is 0 Å². The lowest BCUT2D eigenvalue weighted by atomic mass is 10.1. The Labute approximate surface area is 44.3 Å². The molecule has 0 heterocycles. The zero-order valence-electron chi connectivity index (χ0n) is 4.89. The van der Waals surface area contributed by atoms with Crippen LogP contribution < -0.4 is 5.73 Å². The van der Waals surface area contributed by atoms with E-state index in [1.807, 2.05) is 6.92 Å². The Balaban J connectivity index is 3.14. The van der Waals surface area contributed by atoms with Crippen LogP contribution in [-0.2, 0) is 0 Å². The fourth-order valence-electron chi connectivity index (χ4n) is 0.341. The Morgan fingerprint density at radius 2 is 2.14 bits per heavy atom. The van der Waals surface area contributed by atoms with Crippen LogP contribution in [0.15, 0.2) is 0 Å². The molecule has 0 saturated carbocycles. The number of hydrogen-bond donors (Lipinski definition) is 2. The van der Waals surface area contributed by atoms with E-state index in [0.29, 0.717) is 0 Å². The molecule has 0 amide bonds. The summed E-state index contributed by atoms with van der Waals surface area (Å²) < 4.78 is 0. The summed E-state index contributed by atoms with van der Waals surface area (Å²) in [4.78, 5) is 0. The second-order valence-electron chi connectivity index (χ2n) is 1.81. The van der Waals surface area contributed by atoms with Gasteiger partial charge in [0, 0.05) is 6.04 Å². The zero-order chi connectivity index (χ0) is 5.86. The van der Waals surface area contributed by atoms with Gasteiger partial charge < -0.3 is 10.8 Å². The lowest BCUT2D eigenvalue weighted by Crippen LogP contribution is -2.31. The molecular formula is C5H13NO. The number of rotatable bonds is 2. The van der Waals surface area contributed by atoms with Gasteiger partial charge in [0.25, 0.3) is 0 Å². The molecule has 0 radical (unpaired) electrons. The fourth-order valence-corrected chi connectivity index (χ4v) is 0.341. The third-order valence-corrected chi connectivity index (χ3v) is 1.09. The molecule has 0 saturated heterocycles. The van der Waals surface area contributed by atoms with Crippen LogP contribution in [0.4, 0.5) is 0 Å². The molecule has 3 N–H and O–H groups in total. The Kier molecular flexibility index (Phi) is 2.96. The Morgan fingerprint density at radius 1 is 1.71 bits per heavy atom. The molecule has 0 aliphatic carbocycles. The van der Waals surface area contributed by atoms with Crippen molar-refractivity contribution in [1.82, 2.24) is 0 Å². The van der Waals surface area contributed by atoms with Crippen molar-refractivity contribution < 1.29 is 5.11 Å². The molecule has 44 valence electrons. The third kappa shape index (κ3) is 2.60. The topological polar surface area (TPSA) is 46.2 Å². The first-order chi connectivity index (χ1) is 3.18. The number of hydrogen-bond acceptors (Lipinski definition) is 2. The van der Waals surface area contributed by atoms with E-state index >= 15 is 0 Å². The normalized spacial score (nSPS) is 18.9. The summed E-state index contributed by atoms with van der Waals surface area (Å²) in [6.45, 7) is 3.66. The van der Waals surface area contributed by atoms with Crippen LogP contribution in [-0.4, -0.2) is 17.3 Å². The van der Waals surface area contributed by atoms with Crippen molar-refractivity contribution in [3.8, 4) is 0 Å². The van der Waals surface area contributed by atoms with Gasteiger partial charge in [0.05, 0.1) is 6.10 Å². The lowest BCUT2D eigenvalue weighted by Gasteiger charge is -2.09. The van der Waals surface area contributed by atoms with Crippen molar-refractivity contribution in [2.75, 3.05) is 0 Å². The highest BCUT2D eigenvalue weighted by atomic mass is 16.3. The Hall–Kier alpha value is -0.0800. The highest BCUT2D eigenvalue weighted by Crippen LogP contribution is 1.91. The minimum absolute atomic E-state index is 0.0417. The molecule has 1 unspecified atom stereocenters. The van der Waals surface area contributed by atoms with E-state index < -0.39 is 0 Å². The molecule has 2 atom stereocenters. The van der Waals surface area contributed by atoms with Gasteiger partial charge in [0.15, 0.2) is 0 Å². The SMILES string of the molecule is CC[C@@H](N)C(C)O. The van der Waals surface area contributed by atoms with Crippen molar-refractivity contribution in [2.45, 2.75) is 32.4 Å². The standard InChI is InChI=1S/C5H13NO/c1-3-5(6)4(2)7/h4-5,7H,3,6H2,1-2H3/t4?,5-/m1/s1. The van der Waals surface area contributed by atoms with E-state index in [2.05, 4.69) is 0 Å². The first-order valence-electron chi connectivity index (χ1n) is 2.62. The van der Waals surface area contributed by atoms with Crippen LogP contribution in [0.2, 0.25) is 0 Å². The fraction of sp³-hybridized carbons (Fsp3) is 1.00. The zero-order valence-corrected chi connectivity index (χ0v) is 4.89. The van der Waals surface area contributed by atoms with Crippen molar-refractivity contribution in [2.24, 2.45) is 5.73 Å². The highest BCUT2D eigenvalue weighted by Gasteiger charge is 2.03. The first-order valence-corrected chi connectivity index (χ1v) is 2.62. The molecule has 0 aromatic heterocycles. The molecule has 2 nitrogen and oxygen atoms in total. The molecule has 0 fully saturated rings. The average molecular weight is 103 g/mol. The maximum Gasteiger partial charge on any atom is 0.0662 e. The number of nitrogens with two attached hydrogens (primary N) is 1. The molecule has 0 aliphatic heterocycles. The minimum atomic E-state index is -0.356. The summed E-state index contributed by atoms with van der Waals surface area (Å²) in [5.74, 6) is 0. The van der Waals surface area contributed by atoms with Gasteiger partial charge in [0.1, 0.15) is 0 Å². The van der Waals surface area contributed by atoms with Crippen molar-refractivity contribution in [1.29, 1.82) is 0 Å². The maximum atomic E-state index is 8.70. The smallest absolute Gasteiger partial charge is 0.0662 e. The summed E-state index contributed by atoms with van der Waals surface area (Å²) in [7, 11) is 0. The monoisotopic (exact) mass is 103 g/mol.